The highest BCUT2D eigenvalue weighted by atomic mass is 16.5. The molecule has 0 saturated carbocycles. The maximum absolute atomic E-state index is 8.06. The molecule has 19 heavy (non-hydrogen) atoms. The summed E-state index contributed by atoms with van der Waals surface area (Å²) >= 11 is 0. The zero-order chi connectivity index (χ0) is 14.4. The van der Waals surface area contributed by atoms with Crippen molar-refractivity contribution < 1.29 is 7.48 Å². The van der Waals surface area contributed by atoms with Gasteiger partial charge in [0.1, 0.15) is 5.60 Å². The van der Waals surface area contributed by atoms with Crippen LogP contribution < -0.4 is 0 Å². The van der Waals surface area contributed by atoms with Crippen molar-refractivity contribution in [1.29, 1.82) is 0 Å². The van der Waals surface area contributed by atoms with Crippen molar-refractivity contribution in [1.82, 2.24) is 0 Å². The summed E-state index contributed by atoms with van der Waals surface area (Å²) in [6, 6.07) is 20.2. The molecule has 0 spiro atoms. The van der Waals surface area contributed by atoms with E-state index in [1.54, 1.807) is 0 Å². The van der Waals surface area contributed by atoms with Crippen LogP contribution in [0.2, 0.25) is 0 Å². The quantitative estimate of drug-likeness (QED) is 0.731. The van der Waals surface area contributed by atoms with E-state index >= 15 is 0 Å². The maximum atomic E-state index is 8.06. The monoisotopic (exact) mass is 250 g/mol. The highest BCUT2D eigenvalue weighted by molar-refractivity contribution is 5.52. The van der Waals surface area contributed by atoms with Gasteiger partial charge in [-0.25, -0.2) is 0 Å². The number of hydrogen-bond donors (Lipinski definition) is 0. The fraction of sp³-hybridized carbons (Fsp3) is 0.222. The molecule has 1 aliphatic heterocycles. The molecule has 0 N–H and O–H groups in total. The summed E-state index contributed by atoms with van der Waals surface area (Å²) < 4.78 is 22.3. The molecular formula is C18H16O. The van der Waals surface area contributed by atoms with E-state index in [4.69, 9.17) is 7.48 Å². The van der Waals surface area contributed by atoms with E-state index in [9.17, 15) is 0 Å². The molecule has 1 fully saturated rings. The largest absolute Gasteiger partial charge is 0.353 e. The van der Waals surface area contributed by atoms with Crippen LogP contribution >= 0.6 is 0 Å². The van der Waals surface area contributed by atoms with Crippen LogP contribution in [0.15, 0.2) is 72.3 Å². The number of fused-ring (bicyclic) bond motifs is 1. The van der Waals surface area contributed by atoms with Gasteiger partial charge in [0, 0.05) is 2.74 Å². The van der Waals surface area contributed by atoms with E-state index in [1.807, 2.05) is 42.5 Å². The van der Waals surface area contributed by atoms with Gasteiger partial charge >= 0.3 is 0 Å². The molecule has 2 aromatic rings. The summed E-state index contributed by atoms with van der Waals surface area (Å²) in [4.78, 5) is 0. The summed E-state index contributed by atoms with van der Waals surface area (Å²) in [5.74, 6) is 0. The van der Waals surface area contributed by atoms with Crippen molar-refractivity contribution in [2.45, 2.75) is 24.5 Å². The van der Waals surface area contributed by atoms with Crippen LogP contribution in [0.5, 0.6) is 0 Å². The number of hydrogen-bond acceptors (Lipinski definition) is 1. The van der Waals surface area contributed by atoms with E-state index in [0.717, 1.165) is 16.7 Å². The molecule has 0 amide bonds. The molecule has 0 aromatic heterocycles. The molecule has 1 aliphatic carbocycles. The SMILES string of the molecule is [2H][C@H]1[C@@H]([2H])C=C2[C@@H]1OC2(c1ccccc1)c1ccccc1. The van der Waals surface area contributed by atoms with Gasteiger partial charge in [-0.3, -0.25) is 0 Å². The Morgan fingerprint density at radius 1 is 0.947 bits per heavy atom. The van der Waals surface area contributed by atoms with Crippen LogP contribution in [0, 0.1) is 0 Å². The average Bonchev–Trinajstić information content (AvgIpc) is 2.75. The van der Waals surface area contributed by atoms with E-state index < -0.39 is 18.4 Å². The molecule has 1 saturated heterocycles. The van der Waals surface area contributed by atoms with E-state index in [-0.39, 0.29) is 6.10 Å². The normalized spacial score (nSPS) is 32.6. The zero-order valence-electron chi connectivity index (χ0n) is 12.5. The summed E-state index contributed by atoms with van der Waals surface area (Å²) in [6.45, 7) is 0. The second-order valence-corrected chi connectivity index (χ2v) is 4.96. The van der Waals surface area contributed by atoms with Gasteiger partial charge in [0.15, 0.2) is 0 Å². The summed E-state index contributed by atoms with van der Waals surface area (Å²) in [5, 5.41) is 0. The second kappa shape index (κ2) is 4.07. The Morgan fingerprint density at radius 3 is 2.05 bits per heavy atom. The fourth-order valence-electron chi connectivity index (χ4n) is 3.06. The van der Waals surface area contributed by atoms with Crippen molar-refractivity contribution in [3.8, 4) is 0 Å². The molecule has 94 valence electrons. The van der Waals surface area contributed by atoms with Crippen LogP contribution in [0.4, 0.5) is 0 Å². The Labute approximate surface area is 116 Å². The predicted molar refractivity (Wildman–Crippen MR) is 75.9 cm³/mol. The lowest BCUT2D eigenvalue weighted by atomic mass is 9.74. The molecule has 1 nitrogen and oxygen atoms in total. The van der Waals surface area contributed by atoms with Gasteiger partial charge < -0.3 is 4.74 Å². The number of rotatable bonds is 2. The van der Waals surface area contributed by atoms with Crippen LogP contribution in [-0.4, -0.2) is 6.10 Å². The van der Waals surface area contributed by atoms with E-state index in [0.29, 0.717) is 0 Å². The maximum Gasteiger partial charge on any atom is 0.143 e. The highest BCUT2D eigenvalue weighted by Gasteiger charge is 2.54. The average molecular weight is 250 g/mol. The fourth-order valence-corrected chi connectivity index (χ4v) is 3.06. The molecule has 3 atom stereocenters. The number of ether oxygens (including phenoxy) is 1. The van der Waals surface area contributed by atoms with Crippen molar-refractivity contribution >= 4 is 0 Å². The van der Waals surface area contributed by atoms with E-state index in [1.165, 1.54) is 0 Å². The minimum Gasteiger partial charge on any atom is -0.353 e. The predicted octanol–water partition coefficient (Wildman–Crippen LogP) is 4.05. The topological polar surface area (TPSA) is 9.23 Å². The van der Waals surface area contributed by atoms with E-state index in [2.05, 4.69) is 24.3 Å². The molecule has 0 bridgehead atoms. The second-order valence-electron chi connectivity index (χ2n) is 4.96. The van der Waals surface area contributed by atoms with Crippen LogP contribution in [0.1, 0.15) is 26.7 Å². The molecule has 4 rings (SSSR count). The smallest absolute Gasteiger partial charge is 0.143 e. The Kier molecular flexibility index (Phi) is 1.95. The number of allylic oxidation sites excluding steroid dienone is 1. The first-order chi connectivity index (χ1) is 10.2. The lowest BCUT2D eigenvalue weighted by molar-refractivity contribution is -0.116. The van der Waals surface area contributed by atoms with Gasteiger partial charge in [0.05, 0.1) is 6.10 Å². The molecular weight excluding hydrogens is 232 g/mol. The third kappa shape index (κ3) is 1.45. The Bertz CT molecular complexity index is 641. The van der Waals surface area contributed by atoms with Gasteiger partial charge in [-0.2, -0.15) is 0 Å². The number of benzene rings is 2. The third-order valence-electron chi connectivity index (χ3n) is 3.94. The molecule has 0 unspecified atom stereocenters. The molecule has 2 aromatic carbocycles. The first-order valence-electron chi connectivity index (χ1n) is 7.74. The molecule has 1 heterocycles. The summed E-state index contributed by atoms with van der Waals surface area (Å²) in [5.41, 5.74) is 2.60. The van der Waals surface area contributed by atoms with Crippen LogP contribution in [0.3, 0.4) is 0 Å². The minimum absolute atomic E-state index is 0.243. The van der Waals surface area contributed by atoms with Gasteiger partial charge in [0.2, 0.25) is 0 Å². The van der Waals surface area contributed by atoms with Crippen LogP contribution in [0.25, 0.3) is 0 Å². The van der Waals surface area contributed by atoms with Gasteiger partial charge in [-0.15, -0.1) is 0 Å². The Morgan fingerprint density at radius 2 is 1.53 bits per heavy atom. The Hall–Kier alpha value is -1.86. The van der Waals surface area contributed by atoms with Crippen molar-refractivity contribution in [3.05, 3.63) is 83.4 Å². The van der Waals surface area contributed by atoms with Crippen molar-refractivity contribution in [2.24, 2.45) is 0 Å². The first kappa shape index (κ1) is 9.11. The van der Waals surface area contributed by atoms with Crippen LogP contribution in [-0.2, 0) is 10.3 Å². The Balaban J connectivity index is 1.89. The van der Waals surface area contributed by atoms with Gasteiger partial charge in [0.25, 0.3) is 0 Å². The van der Waals surface area contributed by atoms with Gasteiger partial charge in [-0.1, -0.05) is 66.7 Å². The van der Waals surface area contributed by atoms with Crippen molar-refractivity contribution in [2.75, 3.05) is 0 Å². The summed E-state index contributed by atoms with van der Waals surface area (Å²) in [7, 11) is 0. The van der Waals surface area contributed by atoms with Gasteiger partial charge in [-0.05, 0) is 29.5 Å². The first-order valence-corrected chi connectivity index (χ1v) is 6.59. The third-order valence-corrected chi connectivity index (χ3v) is 3.94. The standard InChI is InChI=1S/C18H16O/c1-3-8-14(9-4-1)18(15-10-5-2-6-11-15)16-12-7-13-17(16)19-18/h1-6,8-12,17H,7,13H2/t17-/m1/s1/i7D,13D/t7-,13-,17+/m0. The summed E-state index contributed by atoms with van der Waals surface area (Å²) in [6.07, 6.45) is 0.652. The minimum atomic E-state index is -0.609. The zero-order valence-corrected chi connectivity index (χ0v) is 10.5. The lowest BCUT2D eigenvalue weighted by Gasteiger charge is -2.49. The van der Waals surface area contributed by atoms with Crippen molar-refractivity contribution in [3.63, 3.8) is 0 Å². The molecule has 2 aliphatic rings. The highest BCUT2D eigenvalue weighted by Crippen LogP contribution is 2.55. The lowest BCUT2D eigenvalue weighted by Crippen LogP contribution is -2.50. The molecule has 0 radical (unpaired) electrons. The molecule has 1 heteroatoms.